The Labute approximate surface area is 121 Å². The molecule has 4 nitrogen and oxygen atoms in total. The van der Waals surface area contributed by atoms with Gasteiger partial charge in [0.05, 0.1) is 0 Å². The van der Waals surface area contributed by atoms with Crippen LogP contribution in [0.5, 0.6) is 0 Å². The highest BCUT2D eigenvalue weighted by atomic mass is 32.1. The van der Waals surface area contributed by atoms with Gasteiger partial charge >= 0.3 is 4.87 Å². The number of rotatable bonds is 3. The minimum atomic E-state index is 0.0813. The molecule has 1 aliphatic heterocycles. The fourth-order valence-corrected chi connectivity index (χ4v) is 3.23. The van der Waals surface area contributed by atoms with Gasteiger partial charge in [-0.05, 0) is 24.5 Å². The van der Waals surface area contributed by atoms with Crippen molar-refractivity contribution in [2.75, 3.05) is 13.1 Å². The van der Waals surface area contributed by atoms with Crippen LogP contribution in [0.15, 0.2) is 46.7 Å². The molecule has 0 saturated carbocycles. The number of benzene rings is 1. The Bertz CT molecular complexity index is 647. The fraction of sp³-hybridized carbons (Fsp3) is 0.333. The third-order valence-corrected chi connectivity index (χ3v) is 4.39. The van der Waals surface area contributed by atoms with Crippen LogP contribution in [0, 0.1) is 5.92 Å². The monoisotopic (exact) mass is 288 g/mol. The number of thiazole rings is 1. The molecule has 20 heavy (non-hydrogen) atoms. The molecule has 1 amide bonds. The predicted molar refractivity (Wildman–Crippen MR) is 79.0 cm³/mol. The van der Waals surface area contributed by atoms with Crippen LogP contribution < -0.4 is 4.87 Å². The summed E-state index contributed by atoms with van der Waals surface area (Å²) in [4.78, 5) is 25.8. The summed E-state index contributed by atoms with van der Waals surface area (Å²) in [5, 5.41) is 1.81. The zero-order valence-electron chi connectivity index (χ0n) is 11.1. The minimum absolute atomic E-state index is 0.0813. The van der Waals surface area contributed by atoms with E-state index in [2.05, 4.69) is 0 Å². The van der Waals surface area contributed by atoms with Gasteiger partial charge in [-0.1, -0.05) is 29.5 Å². The summed E-state index contributed by atoms with van der Waals surface area (Å²) in [6.07, 6.45) is 2.79. The number of carbonyl (C=O) groups excluding carboxylic acids is 1. The molecule has 2 aromatic rings. The smallest absolute Gasteiger partial charge is 0.307 e. The van der Waals surface area contributed by atoms with Crippen molar-refractivity contribution >= 4 is 17.2 Å². The highest BCUT2D eigenvalue weighted by molar-refractivity contribution is 7.07. The topological polar surface area (TPSA) is 42.3 Å². The Hall–Kier alpha value is -1.88. The van der Waals surface area contributed by atoms with Gasteiger partial charge in [0.25, 0.3) is 5.91 Å². The molecule has 1 aromatic heterocycles. The van der Waals surface area contributed by atoms with E-state index in [0.29, 0.717) is 12.5 Å². The van der Waals surface area contributed by atoms with Gasteiger partial charge in [-0.25, -0.2) is 0 Å². The van der Waals surface area contributed by atoms with Crippen LogP contribution in [0.3, 0.4) is 0 Å². The number of carbonyl (C=O) groups is 1. The first kappa shape index (κ1) is 13.1. The normalized spacial score (nSPS) is 18.4. The lowest BCUT2D eigenvalue weighted by molar-refractivity contribution is 0.0786. The largest absolute Gasteiger partial charge is 0.338 e. The van der Waals surface area contributed by atoms with Crippen molar-refractivity contribution in [1.82, 2.24) is 9.47 Å². The molecule has 5 heteroatoms. The maximum atomic E-state index is 12.3. The molecule has 0 unspecified atom stereocenters. The van der Waals surface area contributed by atoms with E-state index >= 15 is 0 Å². The first-order chi connectivity index (χ1) is 9.74. The predicted octanol–water partition coefficient (Wildman–Crippen LogP) is 2.07. The van der Waals surface area contributed by atoms with Gasteiger partial charge in [0.15, 0.2) is 0 Å². The number of hydrogen-bond donors (Lipinski definition) is 0. The Morgan fingerprint density at radius 2 is 2.10 bits per heavy atom. The van der Waals surface area contributed by atoms with Gasteiger partial charge in [0, 0.05) is 36.8 Å². The lowest BCUT2D eigenvalue weighted by atomic mass is 10.1. The number of nitrogens with zero attached hydrogens (tertiary/aromatic N) is 2. The minimum Gasteiger partial charge on any atom is -0.338 e. The maximum absolute atomic E-state index is 12.3. The molecule has 0 N–H and O–H groups in total. The SMILES string of the molecule is O=C(c1ccccc1)N1CC[C@H](Cn2ccsc2=O)C1. The van der Waals surface area contributed by atoms with Crippen molar-refractivity contribution < 1.29 is 4.79 Å². The van der Waals surface area contributed by atoms with E-state index in [1.165, 1.54) is 11.3 Å². The molecule has 1 saturated heterocycles. The van der Waals surface area contributed by atoms with Crippen molar-refractivity contribution in [3.63, 3.8) is 0 Å². The van der Waals surface area contributed by atoms with Gasteiger partial charge in [0.2, 0.25) is 0 Å². The number of amides is 1. The molecule has 3 rings (SSSR count). The molecule has 1 atom stereocenters. The Morgan fingerprint density at radius 3 is 2.80 bits per heavy atom. The number of aromatic nitrogens is 1. The molecular weight excluding hydrogens is 272 g/mol. The van der Waals surface area contributed by atoms with Crippen LogP contribution in [0.1, 0.15) is 16.8 Å². The van der Waals surface area contributed by atoms with E-state index in [4.69, 9.17) is 0 Å². The van der Waals surface area contributed by atoms with Crippen LogP contribution in [-0.4, -0.2) is 28.5 Å². The van der Waals surface area contributed by atoms with Crippen molar-refractivity contribution in [2.24, 2.45) is 5.92 Å². The van der Waals surface area contributed by atoms with Gasteiger partial charge in [-0.15, -0.1) is 0 Å². The van der Waals surface area contributed by atoms with Gasteiger partial charge in [0.1, 0.15) is 0 Å². The summed E-state index contributed by atoms with van der Waals surface area (Å²) >= 11 is 1.22. The average molecular weight is 288 g/mol. The Balaban J connectivity index is 1.64. The molecule has 1 aromatic carbocycles. The van der Waals surface area contributed by atoms with E-state index in [9.17, 15) is 9.59 Å². The van der Waals surface area contributed by atoms with Crippen LogP contribution in [0.4, 0.5) is 0 Å². The second-order valence-electron chi connectivity index (χ2n) is 5.09. The maximum Gasteiger partial charge on any atom is 0.307 e. The number of hydrogen-bond acceptors (Lipinski definition) is 3. The van der Waals surface area contributed by atoms with Gasteiger partial charge < -0.3 is 9.47 Å². The summed E-state index contributed by atoms with van der Waals surface area (Å²) in [5.41, 5.74) is 0.737. The summed E-state index contributed by atoms with van der Waals surface area (Å²) in [6, 6.07) is 9.36. The van der Waals surface area contributed by atoms with E-state index < -0.39 is 0 Å². The first-order valence-electron chi connectivity index (χ1n) is 6.72. The summed E-state index contributed by atoms with van der Waals surface area (Å²) in [6.45, 7) is 2.22. The first-order valence-corrected chi connectivity index (χ1v) is 7.60. The third kappa shape index (κ3) is 2.67. The highest BCUT2D eigenvalue weighted by Gasteiger charge is 2.27. The van der Waals surface area contributed by atoms with E-state index in [0.717, 1.165) is 25.1 Å². The van der Waals surface area contributed by atoms with Crippen molar-refractivity contribution in [3.8, 4) is 0 Å². The van der Waals surface area contributed by atoms with Crippen LogP contribution in [-0.2, 0) is 6.54 Å². The lowest BCUT2D eigenvalue weighted by Gasteiger charge is -2.16. The van der Waals surface area contributed by atoms with Crippen LogP contribution in [0.2, 0.25) is 0 Å². The molecule has 2 heterocycles. The lowest BCUT2D eigenvalue weighted by Crippen LogP contribution is -2.29. The van der Waals surface area contributed by atoms with Crippen molar-refractivity contribution in [1.29, 1.82) is 0 Å². The Morgan fingerprint density at radius 1 is 1.30 bits per heavy atom. The average Bonchev–Trinajstić information content (AvgIpc) is 3.10. The standard InChI is InChI=1S/C15H16N2O2S/c18-14(13-4-2-1-3-5-13)16-7-6-12(10-16)11-17-8-9-20-15(17)19/h1-5,8-9,12H,6-7,10-11H2/t12-/m0/s1. The van der Waals surface area contributed by atoms with Gasteiger partial charge in [-0.3, -0.25) is 9.59 Å². The van der Waals surface area contributed by atoms with Crippen molar-refractivity contribution in [3.05, 3.63) is 57.1 Å². The second-order valence-corrected chi connectivity index (χ2v) is 5.95. The molecule has 0 radical (unpaired) electrons. The van der Waals surface area contributed by atoms with Crippen molar-refractivity contribution in [2.45, 2.75) is 13.0 Å². The summed E-state index contributed by atoms with van der Waals surface area (Å²) in [5.74, 6) is 0.459. The van der Waals surface area contributed by atoms with E-state index in [-0.39, 0.29) is 10.8 Å². The zero-order chi connectivity index (χ0) is 13.9. The Kier molecular flexibility index (Phi) is 3.69. The number of likely N-dealkylation sites (tertiary alicyclic amines) is 1. The van der Waals surface area contributed by atoms with E-state index in [1.807, 2.05) is 46.8 Å². The van der Waals surface area contributed by atoms with Crippen LogP contribution >= 0.6 is 11.3 Å². The highest BCUT2D eigenvalue weighted by Crippen LogP contribution is 2.20. The molecule has 104 valence electrons. The van der Waals surface area contributed by atoms with Gasteiger partial charge in [-0.2, -0.15) is 0 Å². The van der Waals surface area contributed by atoms with E-state index in [1.54, 1.807) is 4.57 Å². The molecule has 1 aliphatic rings. The summed E-state index contributed by atoms with van der Waals surface area (Å²) < 4.78 is 1.74. The molecule has 0 bridgehead atoms. The molecule has 0 aliphatic carbocycles. The van der Waals surface area contributed by atoms with Crippen LogP contribution in [0.25, 0.3) is 0 Å². The molecule has 1 fully saturated rings. The third-order valence-electron chi connectivity index (χ3n) is 3.69. The zero-order valence-corrected chi connectivity index (χ0v) is 11.9. The fourth-order valence-electron chi connectivity index (χ4n) is 2.63. The second kappa shape index (κ2) is 5.63. The quantitative estimate of drug-likeness (QED) is 0.867. The summed E-state index contributed by atoms with van der Waals surface area (Å²) in [7, 11) is 0. The molecular formula is C15H16N2O2S. The molecule has 0 spiro atoms.